The fourth-order valence-corrected chi connectivity index (χ4v) is 2.74. The lowest BCUT2D eigenvalue weighted by Gasteiger charge is -2.27. The first-order chi connectivity index (χ1) is 10.2. The van der Waals surface area contributed by atoms with E-state index in [2.05, 4.69) is 21.7 Å². The zero-order chi connectivity index (χ0) is 15.1. The number of rotatable bonds is 6. The Kier molecular flexibility index (Phi) is 5.75. The number of urea groups is 1. The molecular formula is C16H21N3OS. The van der Waals surface area contributed by atoms with E-state index in [0.29, 0.717) is 13.1 Å². The number of nitrogens with one attached hydrogen (secondary N) is 1. The molecule has 0 fully saturated rings. The van der Waals surface area contributed by atoms with Crippen molar-refractivity contribution >= 4 is 17.4 Å². The molecule has 0 saturated carbocycles. The highest BCUT2D eigenvalue weighted by Gasteiger charge is 2.16. The van der Waals surface area contributed by atoms with Crippen molar-refractivity contribution in [1.29, 1.82) is 0 Å². The second-order valence-corrected chi connectivity index (χ2v) is 6.18. The number of carbonyl (C=O) groups excluding carboxylic acids is 1. The minimum absolute atomic E-state index is 0.0228. The van der Waals surface area contributed by atoms with Gasteiger partial charge < -0.3 is 10.2 Å². The average molecular weight is 303 g/mol. The van der Waals surface area contributed by atoms with Crippen LogP contribution in [0.15, 0.2) is 42.0 Å². The minimum Gasteiger partial charge on any atom is -0.338 e. The summed E-state index contributed by atoms with van der Waals surface area (Å²) in [6.07, 6.45) is 4.42. The summed E-state index contributed by atoms with van der Waals surface area (Å²) in [6, 6.07) is 8.12. The first kappa shape index (κ1) is 15.5. The van der Waals surface area contributed by atoms with Gasteiger partial charge in [0.05, 0.1) is 0 Å². The van der Waals surface area contributed by atoms with Crippen LogP contribution < -0.4 is 5.32 Å². The normalized spacial score (nSPS) is 10.6. The predicted molar refractivity (Wildman–Crippen MR) is 86.3 cm³/mol. The van der Waals surface area contributed by atoms with Crippen LogP contribution in [0.2, 0.25) is 0 Å². The SMILES string of the molecule is CC(C)N(Cc1cccnc1)C(=O)NCCc1cccs1. The van der Waals surface area contributed by atoms with E-state index >= 15 is 0 Å². The van der Waals surface area contributed by atoms with E-state index in [-0.39, 0.29) is 12.1 Å². The van der Waals surface area contributed by atoms with Crippen LogP contribution in [0.5, 0.6) is 0 Å². The number of nitrogens with zero attached hydrogens (tertiary/aromatic N) is 2. The molecule has 2 heterocycles. The number of aromatic nitrogens is 1. The van der Waals surface area contributed by atoms with Crippen molar-refractivity contribution in [3.63, 3.8) is 0 Å². The van der Waals surface area contributed by atoms with Crippen molar-refractivity contribution in [2.24, 2.45) is 0 Å². The molecule has 4 nitrogen and oxygen atoms in total. The summed E-state index contributed by atoms with van der Waals surface area (Å²) in [5, 5.41) is 5.05. The Labute approximate surface area is 129 Å². The van der Waals surface area contributed by atoms with Gasteiger partial charge in [0.1, 0.15) is 0 Å². The maximum absolute atomic E-state index is 12.3. The van der Waals surface area contributed by atoms with Crippen LogP contribution in [0.1, 0.15) is 24.3 Å². The summed E-state index contributed by atoms with van der Waals surface area (Å²) in [5.41, 5.74) is 1.04. The molecule has 0 radical (unpaired) electrons. The molecule has 0 aliphatic rings. The van der Waals surface area contributed by atoms with Crippen molar-refractivity contribution in [1.82, 2.24) is 15.2 Å². The molecule has 0 aliphatic carbocycles. The minimum atomic E-state index is -0.0228. The summed E-state index contributed by atoms with van der Waals surface area (Å²) >= 11 is 1.72. The van der Waals surface area contributed by atoms with Crippen molar-refractivity contribution in [2.45, 2.75) is 32.9 Å². The van der Waals surface area contributed by atoms with Gasteiger partial charge in [-0.05, 0) is 43.3 Å². The fourth-order valence-electron chi connectivity index (χ4n) is 2.03. The lowest BCUT2D eigenvalue weighted by atomic mass is 10.2. The summed E-state index contributed by atoms with van der Waals surface area (Å²) in [4.78, 5) is 19.5. The van der Waals surface area contributed by atoms with Crippen LogP contribution in [0, 0.1) is 0 Å². The molecule has 2 rings (SSSR count). The molecule has 112 valence electrons. The second kappa shape index (κ2) is 7.78. The van der Waals surface area contributed by atoms with Crippen LogP contribution in [-0.4, -0.2) is 28.5 Å². The lowest BCUT2D eigenvalue weighted by molar-refractivity contribution is 0.180. The van der Waals surface area contributed by atoms with Crippen LogP contribution in [0.4, 0.5) is 4.79 Å². The van der Waals surface area contributed by atoms with E-state index in [4.69, 9.17) is 0 Å². The number of amides is 2. The predicted octanol–water partition coefficient (Wildman–Crippen LogP) is 3.31. The van der Waals surface area contributed by atoms with Gasteiger partial charge in [-0.15, -0.1) is 11.3 Å². The standard InChI is InChI=1S/C16H21N3OS/c1-13(2)19(12-14-5-3-8-17-11-14)16(20)18-9-7-15-6-4-10-21-15/h3-6,8,10-11,13H,7,9,12H2,1-2H3,(H,18,20). The summed E-state index contributed by atoms with van der Waals surface area (Å²) in [5.74, 6) is 0. The van der Waals surface area contributed by atoms with E-state index < -0.39 is 0 Å². The Morgan fingerprint density at radius 3 is 2.86 bits per heavy atom. The number of hydrogen-bond donors (Lipinski definition) is 1. The van der Waals surface area contributed by atoms with Gasteiger partial charge in [-0.1, -0.05) is 12.1 Å². The molecule has 0 atom stereocenters. The van der Waals surface area contributed by atoms with Crippen molar-refractivity contribution in [3.05, 3.63) is 52.5 Å². The third kappa shape index (κ3) is 4.86. The van der Waals surface area contributed by atoms with Crippen molar-refractivity contribution < 1.29 is 4.79 Å². The maximum atomic E-state index is 12.3. The lowest BCUT2D eigenvalue weighted by Crippen LogP contribution is -2.44. The Hall–Kier alpha value is -1.88. The Balaban J connectivity index is 1.87. The van der Waals surface area contributed by atoms with Crippen LogP contribution >= 0.6 is 11.3 Å². The topological polar surface area (TPSA) is 45.2 Å². The Bertz CT molecular complexity index is 540. The van der Waals surface area contributed by atoms with E-state index in [1.165, 1.54) is 4.88 Å². The molecule has 0 saturated heterocycles. The Morgan fingerprint density at radius 2 is 2.24 bits per heavy atom. The highest BCUT2D eigenvalue weighted by atomic mass is 32.1. The molecule has 0 bridgehead atoms. The quantitative estimate of drug-likeness (QED) is 0.890. The van der Waals surface area contributed by atoms with E-state index in [1.54, 1.807) is 23.7 Å². The summed E-state index contributed by atoms with van der Waals surface area (Å²) < 4.78 is 0. The van der Waals surface area contributed by atoms with Gasteiger partial charge in [0.15, 0.2) is 0 Å². The molecule has 1 N–H and O–H groups in total. The Morgan fingerprint density at radius 1 is 1.38 bits per heavy atom. The zero-order valence-corrected chi connectivity index (χ0v) is 13.3. The number of hydrogen-bond acceptors (Lipinski definition) is 3. The molecule has 0 aliphatic heterocycles. The fraction of sp³-hybridized carbons (Fsp3) is 0.375. The number of carbonyl (C=O) groups is 1. The smallest absolute Gasteiger partial charge is 0.317 e. The molecule has 5 heteroatoms. The first-order valence-electron chi connectivity index (χ1n) is 7.12. The highest BCUT2D eigenvalue weighted by molar-refractivity contribution is 7.09. The largest absolute Gasteiger partial charge is 0.338 e. The van der Waals surface area contributed by atoms with Gasteiger partial charge in [0.25, 0.3) is 0 Å². The number of thiophene rings is 1. The van der Waals surface area contributed by atoms with Gasteiger partial charge in [-0.2, -0.15) is 0 Å². The molecule has 21 heavy (non-hydrogen) atoms. The second-order valence-electron chi connectivity index (χ2n) is 5.14. The molecule has 2 aromatic rings. The van der Waals surface area contributed by atoms with Crippen molar-refractivity contribution in [3.8, 4) is 0 Å². The average Bonchev–Trinajstić information content (AvgIpc) is 2.98. The van der Waals surface area contributed by atoms with Gasteiger partial charge in [0, 0.05) is 36.4 Å². The maximum Gasteiger partial charge on any atom is 0.317 e. The molecule has 0 aromatic carbocycles. The van der Waals surface area contributed by atoms with E-state index in [1.807, 2.05) is 36.9 Å². The van der Waals surface area contributed by atoms with Crippen LogP contribution in [-0.2, 0) is 13.0 Å². The van der Waals surface area contributed by atoms with Crippen LogP contribution in [0.25, 0.3) is 0 Å². The van der Waals surface area contributed by atoms with E-state index in [9.17, 15) is 4.79 Å². The summed E-state index contributed by atoms with van der Waals surface area (Å²) in [6.45, 7) is 5.29. The zero-order valence-electron chi connectivity index (χ0n) is 12.5. The molecular weight excluding hydrogens is 282 g/mol. The van der Waals surface area contributed by atoms with Crippen LogP contribution in [0.3, 0.4) is 0 Å². The molecule has 0 unspecified atom stereocenters. The third-order valence-corrected chi connectivity index (χ3v) is 4.12. The molecule has 2 amide bonds. The van der Waals surface area contributed by atoms with Gasteiger partial charge in [-0.3, -0.25) is 4.98 Å². The van der Waals surface area contributed by atoms with E-state index in [0.717, 1.165) is 12.0 Å². The molecule has 2 aromatic heterocycles. The van der Waals surface area contributed by atoms with Gasteiger partial charge in [0.2, 0.25) is 0 Å². The monoisotopic (exact) mass is 303 g/mol. The van der Waals surface area contributed by atoms with Gasteiger partial charge in [-0.25, -0.2) is 4.79 Å². The van der Waals surface area contributed by atoms with Crippen molar-refractivity contribution in [2.75, 3.05) is 6.54 Å². The first-order valence-corrected chi connectivity index (χ1v) is 8.00. The number of pyridine rings is 1. The molecule has 0 spiro atoms. The highest BCUT2D eigenvalue weighted by Crippen LogP contribution is 2.09. The van der Waals surface area contributed by atoms with Gasteiger partial charge >= 0.3 is 6.03 Å². The summed E-state index contributed by atoms with van der Waals surface area (Å²) in [7, 11) is 0. The third-order valence-electron chi connectivity index (χ3n) is 3.19.